The van der Waals surface area contributed by atoms with Gasteiger partial charge in [-0.3, -0.25) is 4.98 Å². The Kier molecular flexibility index (Phi) is 2.37. The van der Waals surface area contributed by atoms with E-state index in [-0.39, 0.29) is 0 Å². The Morgan fingerprint density at radius 2 is 2.56 bits per heavy atom. The van der Waals surface area contributed by atoms with Crippen molar-refractivity contribution in [3.63, 3.8) is 0 Å². The minimum absolute atomic E-state index is 0.720. The van der Waals surface area contributed by atoms with Gasteiger partial charge < -0.3 is 0 Å². The lowest BCUT2D eigenvalue weighted by Crippen LogP contribution is -1.74. The smallest absolute Gasteiger partial charge is 0.105 e. The van der Waals surface area contributed by atoms with Gasteiger partial charge in [0.1, 0.15) is 6.20 Å². The van der Waals surface area contributed by atoms with Gasteiger partial charge in [0.2, 0.25) is 0 Å². The number of hydrogen-bond donors (Lipinski definition) is 0. The molecule has 0 N–H and O–H groups in total. The van der Waals surface area contributed by atoms with E-state index in [0.717, 1.165) is 9.92 Å². The number of thioether (sulfide) groups is 1. The summed E-state index contributed by atoms with van der Waals surface area (Å²) in [5.74, 6) is 0. The van der Waals surface area contributed by atoms with Crippen LogP contribution in [0.4, 0.5) is 0 Å². The van der Waals surface area contributed by atoms with E-state index in [0.29, 0.717) is 0 Å². The summed E-state index contributed by atoms with van der Waals surface area (Å²) in [6.45, 7) is 0. The van der Waals surface area contributed by atoms with E-state index in [4.69, 9.17) is 11.6 Å². The Balaban J connectivity index is 3.01. The first-order valence-corrected chi connectivity index (χ1v) is 4.01. The van der Waals surface area contributed by atoms with Crippen LogP contribution in [0.1, 0.15) is 0 Å². The molecule has 1 radical (unpaired) electrons. The molecular weight excluding hydrogens is 154 g/mol. The highest BCUT2D eigenvalue weighted by atomic mass is 35.5. The monoisotopic (exact) mass is 158 g/mol. The molecule has 9 heavy (non-hydrogen) atoms. The fourth-order valence-corrected chi connectivity index (χ4v) is 1.21. The lowest BCUT2D eigenvalue weighted by atomic mass is 10.5. The van der Waals surface area contributed by atoms with Gasteiger partial charge in [0.15, 0.2) is 0 Å². The van der Waals surface area contributed by atoms with E-state index in [2.05, 4.69) is 11.2 Å². The minimum atomic E-state index is 0.720. The second kappa shape index (κ2) is 3.08. The molecular formula is C6H5ClNS. The Bertz CT molecular complexity index is 202. The van der Waals surface area contributed by atoms with E-state index < -0.39 is 0 Å². The zero-order chi connectivity index (χ0) is 6.69. The van der Waals surface area contributed by atoms with E-state index in [1.807, 2.05) is 6.26 Å². The molecule has 1 aromatic rings. The van der Waals surface area contributed by atoms with Crippen molar-refractivity contribution < 1.29 is 0 Å². The molecule has 1 heterocycles. The second-order valence-corrected chi connectivity index (χ2v) is 2.66. The standard InChI is InChI=1S/C6H5ClNS/c1-9-6-4-8-3-2-5(6)7/h2-3H,1H3. The third-order valence-electron chi connectivity index (χ3n) is 0.883. The van der Waals surface area contributed by atoms with Gasteiger partial charge in [0.05, 0.1) is 9.92 Å². The summed E-state index contributed by atoms with van der Waals surface area (Å²) in [6, 6.07) is 1.75. The van der Waals surface area contributed by atoms with Crippen LogP contribution in [-0.4, -0.2) is 11.2 Å². The van der Waals surface area contributed by atoms with Gasteiger partial charge in [-0.1, -0.05) is 11.6 Å². The van der Waals surface area contributed by atoms with Crippen LogP contribution in [0.5, 0.6) is 0 Å². The number of pyridine rings is 1. The van der Waals surface area contributed by atoms with E-state index in [9.17, 15) is 0 Å². The van der Waals surface area contributed by atoms with Crippen molar-refractivity contribution in [3.8, 4) is 0 Å². The van der Waals surface area contributed by atoms with Crippen molar-refractivity contribution in [2.24, 2.45) is 0 Å². The van der Waals surface area contributed by atoms with E-state index >= 15 is 0 Å². The van der Waals surface area contributed by atoms with Crippen molar-refractivity contribution in [2.75, 3.05) is 6.26 Å². The lowest BCUT2D eigenvalue weighted by Gasteiger charge is -1.93. The molecule has 3 heteroatoms. The Morgan fingerprint density at radius 3 is 3.00 bits per heavy atom. The Labute approximate surface area is 63.4 Å². The molecule has 0 atom stereocenters. The molecule has 1 nitrogen and oxygen atoms in total. The minimum Gasteiger partial charge on any atom is -0.253 e. The second-order valence-electron chi connectivity index (χ2n) is 1.44. The van der Waals surface area contributed by atoms with Gasteiger partial charge in [-0.25, -0.2) is 0 Å². The summed E-state index contributed by atoms with van der Waals surface area (Å²) in [7, 11) is 0. The highest BCUT2D eigenvalue weighted by Gasteiger charge is 1.94. The average molecular weight is 159 g/mol. The van der Waals surface area contributed by atoms with Gasteiger partial charge in [0.25, 0.3) is 0 Å². The Hall–Kier alpha value is -0.210. The largest absolute Gasteiger partial charge is 0.253 e. The zero-order valence-corrected chi connectivity index (χ0v) is 6.46. The van der Waals surface area contributed by atoms with Crippen molar-refractivity contribution in [1.82, 2.24) is 4.98 Å². The molecule has 0 saturated heterocycles. The van der Waals surface area contributed by atoms with Gasteiger partial charge in [-0.2, -0.15) is 0 Å². The van der Waals surface area contributed by atoms with Crippen LogP contribution in [0.25, 0.3) is 0 Å². The summed E-state index contributed by atoms with van der Waals surface area (Å²) < 4.78 is 0. The molecule has 0 bridgehead atoms. The molecule has 1 aromatic heterocycles. The number of hydrogen-bond acceptors (Lipinski definition) is 2. The van der Waals surface area contributed by atoms with Crippen LogP contribution in [0.3, 0.4) is 0 Å². The maximum Gasteiger partial charge on any atom is 0.105 e. The van der Waals surface area contributed by atoms with Crippen LogP contribution >= 0.6 is 23.4 Å². The molecule has 0 fully saturated rings. The molecule has 0 aromatic carbocycles. The number of nitrogens with zero attached hydrogens (tertiary/aromatic N) is 1. The predicted octanol–water partition coefficient (Wildman–Crippen LogP) is 2.26. The fourth-order valence-electron chi connectivity index (χ4n) is 0.471. The fraction of sp³-hybridized carbons (Fsp3) is 0.167. The SMILES string of the molecule is CSc1[c]nccc1Cl. The van der Waals surface area contributed by atoms with Gasteiger partial charge in [0, 0.05) is 6.20 Å². The van der Waals surface area contributed by atoms with E-state index in [1.54, 1.807) is 24.0 Å². The zero-order valence-electron chi connectivity index (χ0n) is 4.89. The first kappa shape index (κ1) is 6.90. The molecule has 0 spiro atoms. The van der Waals surface area contributed by atoms with Gasteiger partial charge >= 0.3 is 0 Å². The molecule has 0 aliphatic rings. The summed E-state index contributed by atoms with van der Waals surface area (Å²) in [4.78, 5) is 4.69. The highest BCUT2D eigenvalue weighted by molar-refractivity contribution is 7.98. The summed E-state index contributed by atoms with van der Waals surface area (Å²) in [6.07, 6.45) is 6.34. The highest BCUT2D eigenvalue weighted by Crippen LogP contribution is 2.21. The number of rotatable bonds is 1. The lowest BCUT2D eigenvalue weighted by molar-refractivity contribution is 1.22. The van der Waals surface area contributed by atoms with Crippen molar-refractivity contribution in [3.05, 3.63) is 23.5 Å². The van der Waals surface area contributed by atoms with Crippen molar-refractivity contribution in [2.45, 2.75) is 4.90 Å². The summed E-state index contributed by atoms with van der Waals surface area (Å²) >= 11 is 7.28. The maximum absolute atomic E-state index is 5.73. The molecule has 0 amide bonds. The molecule has 1 rings (SSSR count). The maximum atomic E-state index is 5.73. The predicted molar refractivity (Wildman–Crippen MR) is 39.9 cm³/mol. The van der Waals surface area contributed by atoms with Crippen LogP contribution in [0, 0.1) is 6.20 Å². The molecule has 47 valence electrons. The summed E-state index contributed by atoms with van der Waals surface area (Å²) in [5, 5.41) is 0.720. The molecule has 0 saturated carbocycles. The molecule has 0 aliphatic heterocycles. The van der Waals surface area contributed by atoms with Crippen LogP contribution in [0.15, 0.2) is 17.2 Å². The molecule has 0 aliphatic carbocycles. The van der Waals surface area contributed by atoms with Gasteiger partial charge in [-0.15, -0.1) is 11.8 Å². The van der Waals surface area contributed by atoms with Crippen LogP contribution in [-0.2, 0) is 0 Å². The van der Waals surface area contributed by atoms with Gasteiger partial charge in [-0.05, 0) is 12.3 Å². The normalized spacial score (nSPS) is 9.56. The van der Waals surface area contributed by atoms with Crippen LogP contribution in [0.2, 0.25) is 5.02 Å². The third-order valence-corrected chi connectivity index (χ3v) is 2.03. The average Bonchev–Trinajstić information content (AvgIpc) is 1.89. The van der Waals surface area contributed by atoms with Crippen molar-refractivity contribution in [1.29, 1.82) is 0 Å². The summed E-state index contributed by atoms with van der Waals surface area (Å²) in [5.41, 5.74) is 0. The number of aromatic nitrogens is 1. The topological polar surface area (TPSA) is 12.9 Å². The van der Waals surface area contributed by atoms with Crippen molar-refractivity contribution >= 4 is 23.4 Å². The Morgan fingerprint density at radius 1 is 1.78 bits per heavy atom. The first-order valence-electron chi connectivity index (χ1n) is 2.41. The van der Waals surface area contributed by atoms with Crippen LogP contribution < -0.4 is 0 Å². The third kappa shape index (κ3) is 1.60. The van der Waals surface area contributed by atoms with E-state index in [1.165, 1.54) is 0 Å². The molecule has 0 unspecified atom stereocenters. The first-order chi connectivity index (χ1) is 4.34. The quantitative estimate of drug-likeness (QED) is 0.582. The number of halogens is 1.